The Hall–Kier alpha value is -7.57. The van der Waals surface area contributed by atoms with Gasteiger partial charge in [-0.25, -0.2) is 4.98 Å². The van der Waals surface area contributed by atoms with E-state index in [1.165, 1.54) is 10.8 Å². The first-order chi connectivity index (χ1) is 27.3. The van der Waals surface area contributed by atoms with E-state index >= 15 is 0 Å². The summed E-state index contributed by atoms with van der Waals surface area (Å²) in [5, 5.41) is 6.38. The molecule has 6 heteroatoms. The molecule has 0 bridgehead atoms. The van der Waals surface area contributed by atoms with Gasteiger partial charge in [-0.05, 0) is 91.0 Å². The second-order valence-corrected chi connectivity index (χ2v) is 13.9. The molecule has 0 aliphatic carbocycles. The lowest BCUT2D eigenvalue weighted by molar-refractivity contribution is 0.619. The van der Waals surface area contributed by atoms with Gasteiger partial charge in [0.2, 0.25) is 5.89 Å². The maximum absolute atomic E-state index is 6.63. The van der Waals surface area contributed by atoms with Crippen LogP contribution in [-0.4, -0.2) is 9.55 Å². The fourth-order valence-corrected chi connectivity index (χ4v) is 8.41. The highest BCUT2D eigenvalue weighted by Crippen LogP contribution is 2.46. The molecular formula is C49H29N3O3. The van der Waals surface area contributed by atoms with Gasteiger partial charge in [-0.3, -0.25) is 0 Å². The van der Waals surface area contributed by atoms with Gasteiger partial charge in [-0.1, -0.05) is 78.9 Å². The highest BCUT2D eigenvalue weighted by Gasteiger charge is 2.23. The second kappa shape index (κ2) is 11.5. The fourth-order valence-electron chi connectivity index (χ4n) is 8.41. The lowest BCUT2D eigenvalue weighted by atomic mass is 10.1. The van der Waals surface area contributed by atoms with Crippen LogP contribution >= 0.6 is 0 Å². The molecule has 0 radical (unpaired) electrons. The zero-order valence-electron chi connectivity index (χ0n) is 29.3. The Balaban J connectivity index is 1.11. The van der Waals surface area contributed by atoms with Crippen LogP contribution in [0.3, 0.4) is 0 Å². The monoisotopic (exact) mass is 707 g/mol. The second-order valence-electron chi connectivity index (χ2n) is 13.9. The Morgan fingerprint density at radius 3 is 1.96 bits per heavy atom. The molecule has 55 heavy (non-hydrogen) atoms. The van der Waals surface area contributed by atoms with E-state index in [2.05, 4.69) is 125 Å². The number of furan rings is 2. The average molecular weight is 708 g/mol. The summed E-state index contributed by atoms with van der Waals surface area (Å²) in [4.78, 5) is 7.30. The lowest BCUT2D eigenvalue weighted by Crippen LogP contribution is -2.10. The number of rotatable bonds is 5. The molecule has 258 valence electrons. The third kappa shape index (κ3) is 4.46. The van der Waals surface area contributed by atoms with E-state index in [9.17, 15) is 0 Å². The molecule has 12 rings (SSSR count). The molecule has 0 saturated carbocycles. The van der Waals surface area contributed by atoms with Gasteiger partial charge in [0.25, 0.3) is 0 Å². The van der Waals surface area contributed by atoms with Gasteiger partial charge in [0.1, 0.15) is 27.8 Å². The molecule has 0 N–H and O–H groups in total. The van der Waals surface area contributed by atoms with Crippen molar-refractivity contribution in [1.82, 2.24) is 9.55 Å². The van der Waals surface area contributed by atoms with Crippen LogP contribution in [-0.2, 0) is 0 Å². The van der Waals surface area contributed by atoms with Crippen LogP contribution < -0.4 is 4.90 Å². The zero-order valence-corrected chi connectivity index (χ0v) is 29.3. The summed E-state index contributed by atoms with van der Waals surface area (Å²) in [6, 6.07) is 60.9. The first kappa shape index (κ1) is 29.9. The van der Waals surface area contributed by atoms with Crippen LogP contribution in [0.2, 0.25) is 0 Å². The van der Waals surface area contributed by atoms with Crippen molar-refractivity contribution in [3.05, 3.63) is 176 Å². The van der Waals surface area contributed by atoms with Crippen LogP contribution in [0.1, 0.15) is 0 Å². The van der Waals surface area contributed by atoms with Gasteiger partial charge >= 0.3 is 0 Å². The Morgan fingerprint density at radius 2 is 1.07 bits per heavy atom. The predicted octanol–water partition coefficient (Wildman–Crippen LogP) is 13.9. The van der Waals surface area contributed by atoms with Crippen molar-refractivity contribution in [2.45, 2.75) is 0 Å². The highest BCUT2D eigenvalue weighted by molar-refractivity contribution is 6.18. The summed E-state index contributed by atoms with van der Waals surface area (Å²) in [5.41, 5.74) is 12.1. The number of fused-ring (bicyclic) bond motifs is 11. The highest BCUT2D eigenvalue weighted by atomic mass is 16.4. The number of hydrogen-bond donors (Lipinski definition) is 0. The molecule has 6 nitrogen and oxygen atoms in total. The molecule has 8 aromatic carbocycles. The number of oxazole rings is 1. The maximum atomic E-state index is 6.63. The first-order valence-corrected chi connectivity index (χ1v) is 18.4. The van der Waals surface area contributed by atoms with Crippen molar-refractivity contribution in [2.75, 3.05) is 4.90 Å². The number of hydrogen-bond acceptors (Lipinski definition) is 5. The van der Waals surface area contributed by atoms with E-state index in [4.69, 9.17) is 18.2 Å². The smallest absolute Gasteiger partial charge is 0.227 e. The quantitative estimate of drug-likeness (QED) is 0.178. The van der Waals surface area contributed by atoms with Crippen LogP contribution in [0.5, 0.6) is 0 Å². The molecule has 0 unspecified atom stereocenters. The van der Waals surface area contributed by atoms with Gasteiger partial charge in [0.15, 0.2) is 5.58 Å². The molecule has 4 heterocycles. The zero-order chi connectivity index (χ0) is 36.0. The molecule has 0 spiro atoms. The first-order valence-electron chi connectivity index (χ1n) is 18.4. The van der Waals surface area contributed by atoms with Gasteiger partial charge in [0.05, 0.1) is 27.5 Å². The summed E-state index contributed by atoms with van der Waals surface area (Å²) in [6.45, 7) is 0. The number of benzene rings is 8. The average Bonchev–Trinajstić information content (AvgIpc) is 4.02. The van der Waals surface area contributed by atoms with Crippen molar-refractivity contribution in [2.24, 2.45) is 0 Å². The molecule has 0 aliphatic heterocycles. The molecule has 12 aromatic rings. The Bertz CT molecular complexity index is 3440. The Kier molecular flexibility index (Phi) is 6.24. The topological polar surface area (TPSA) is 60.5 Å². The largest absolute Gasteiger partial charge is 0.456 e. The fraction of sp³-hybridized carbons (Fsp3) is 0. The summed E-state index contributed by atoms with van der Waals surface area (Å²) in [6.07, 6.45) is 0. The molecule has 0 saturated heterocycles. The lowest BCUT2D eigenvalue weighted by Gasteiger charge is -2.26. The van der Waals surface area contributed by atoms with E-state index in [-0.39, 0.29) is 0 Å². The van der Waals surface area contributed by atoms with Crippen LogP contribution in [0, 0.1) is 0 Å². The minimum absolute atomic E-state index is 0.588. The molecule has 0 fully saturated rings. The van der Waals surface area contributed by atoms with Gasteiger partial charge in [-0.2, -0.15) is 0 Å². The van der Waals surface area contributed by atoms with Crippen molar-refractivity contribution in [3.8, 4) is 17.1 Å². The minimum Gasteiger partial charge on any atom is -0.456 e. The maximum Gasteiger partial charge on any atom is 0.227 e. The summed E-state index contributed by atoms with van der Waals surface area (Å²) in [5.74, 6) is 0.588. The van der Waals surface area contributed by atoms with Gasteiger partial charge in [0, 0.05) is 50.2 Å². The summed E-state index contributed by atoms with van der Waals surface area (Å²) >= 11 is 0. The standard InChI is InChI=1S/C49H29N3O3/c1-3-12-30(13-4-1)49-50-48-44(55-49)27-26-43-47(48)36-24-22-33(29-45(36)54-43)51(40-19-11-21-42-46(40)35-17-8-10-20-41(35)53-42)32-23-25-39-37(28-32)34-16-7-9-18-38(34)52(39)31-14-5-2-6-15-31/h1-29H. The SMILES string of the molecule is c1ccc(-c2nc3c(ccc4oc5cc(N(c6ccc7c(c6)c6ccccc6n7-c6ccccc6)c6cccc7oc8ccccc8c67)ccc5c43)o2)cc1. The van der Waals surface area contributed by atoms with Gasteiger partial charge < -0.3 is 22.7 Å². The molecular weight excluding hydrogens is 679 g/mol. The normalized spacial score (nSPS) is 12.0. The number of para-hydroxylation sites is 3. The van der Waals surface area contributed by atoms with Crippen molar-refractivity contribution < 1.29 is 13.3 Å². The third-order valence-corrected chi connectivity index (χ3v) is 10.8. The third-order valence-electron chi connectivity index (χ3n) is 10.8. The van der Waals surface area contributed by atoms with E-state index in [1.807, 2.05) is 60.7 Å². The number of nitrogens with zero attached hydrogens (tertiary/aromatic N) is 3. The van der Waals surface area contributed by atoms with Gasteiger partial charge in [-0.15, -0.1) is 0 Å². The van der Waals surface area contributed by atoms with Crippen molar-refractivity contribution >= 4 is 93.8 Å². The Morgan fingerprint density at radius 1 is 0.418 bits per heavy atom. The molecule has 0 amide bonds. The minimum atomic E-state index is 0.588. The van der Waals surface area contributed by atoms with Crippen molar-refractivity contribution in [3.63, 3.8) is 0 Å². The van der Waals surface area contributed by atoms with E-state index in [0.29, 0.717) is 5.89 Å². The van der Waals surface area contributed by atoms with Crippen LogP contribution in [0.4, 0.5) is 17.1 Å². The molecule has 0 aliphatic rings. The molecule has 0 atom stereocenters. The predicted molar refractivity (Wildman–Crippen MR) is 223 cm³/mol. The summed E-state index contributed by atoms with van der Waals surface area (Å²) in [7, 11) is 0. The van der Waals surface area contributed by atoms with E-state index < -0.39 is 0 Å². The molecule has 4 aromatic heterocycles. The Labute approximate surface area is 313 Å². The van der Waals surface area contributed by atoms with Crippen LogP contribution in [0.25, 0.3) is 93.9 Å². The number of aromatic nitrogens is 2. The summed E-state index contributed by atoms with van der Waals surface area (Å²) < 4.78 is 21.6. The number of anilines is 3. The van der Waals surface area contributed by atoms with E-state index in [0.717, 1.165) is 94.3 Å². The van der Waals surface area contributed by atoms with Crippen LogP contribution in [0.15, 0.2) is 189 Å². The van der Waals surface area contributed by atoms with Crippen molar-refractivity contribution in [1.29, 1.82) is 0 Å². The van der Waals surface area contributed by atoms with E-state index in [1.54, 1.807) is 0 Å².